The van der Waals surface area contributed by atoms with E-state index in [1.54, 1.807) is 0 Å². The summed E-state index contributed by atoms with van der Waals surface area (Å²) < 4.78 is 5.60. The van der Waals surface area contributed by atoms with E-state index in [1.165, 1.54) is 5.56 Å². The molecular formula is C18H16O2. The van der Waals surface area contributed by atoms with Crippen LogP contribution >= 0.6 is 0 Å². The van der Waals surface area contributed by atoms with E-state index in [1.807, 2.05) is 54.6 Å². The van der Waals surface area contributed by atoms with E-state index in [0.717, 1.165) is 11.1 Å². The number of hydrogen-bond donors (Lipinski definition) is 0. The van der Waals surface area contributed by atoms with Gasteiger partial charge in [-0.1, -0.05) is 66.7 Å². The zero-order chi connectivity index (χ0) is 13.8. The van der Waals surface area contributed by atoms with E-state index in [2.05, 4.69) is 12.1 Å². The van der Waals surface area contributed by atoms with Crippen LogP contribution in [0.5, 0.6) is 0 Å². The standard InChI is InChI=1S/C18H16O2/c19-18(15-9-5-2-6-10-15)17-11-16(12-20-13-17)14-7-3-1-4-8-14/h1-11,16H,12-13H2. The van der Waals surface area contributed by atoms with Crippen LogP contribution in [0.3, 0.4) is 0 Å². The summed E-state index contributed by atoms with van der Waals surface area (Å²) >= 11 is 0. The third-order valence-corrected chi connectivity index (χ3v) is 3.51. The first-order chi connectivity index (χ1) is 9.84. The van der Waals surface area contributed by atoms with Crippen molar-refractivity contribution in [1.29, 1.82) is 0 Å². The minimum atomic E-state index is 0.0613. The second-order valence-corrected chi connectivity index (χ2v) is 4.92. The Bertz CT molecular complexity index is 614. The molecule has 0 spiro atoms. The molecule has 0 bridgehead atoms. The smallest absolute Gasteiger partial charge is 0.191 e. The third-order valence-electron chi connectivity index (χ3n) is 3.51. The molecule has 2 heteroatoms. The molecule has 0 radical (unpaired) electrons. The van der Waals surface area contributed by atoms with Gasteiger partial charge in [0.15, 0.2) is 5.78 Å². The summed E-state index contributed by atoms with van der Waals surface area (Å²) in [5.74, 6) is 0.221. The number of carbonyl (C=O) groups excluding carboxylic acids is 1. The second-order valence-electron chi connectivity index (χ2n) is 4.92. The van der Waals surface area contributed by atoms with Gasteiger partial charge in [0.25, 0.3) is 0 Å². The van der Waals surface area contributed by atoms with Gasteiger partial charge in [-0.05, 0) is 5.56 Å². The van der Waals surface area contributed by atoms with Gasteiger partial charge in [-0.3, -0.25) is 4.79 Å². The van der Waals surface area contributed by atoms with Crippen molar-refractivity contribution < 1.29 is 9.53 Å². The zero-order valence-corrected chi connectivity index (χ0v) is 11.2. The SMILES string of the molecule is O=C(C1=CC(c2ccccc2)COC1)c1ccccc1. The molecule has 0 saturated heterocycles. The van der Waals surface area contributed by atoms with Gasteiger partial charge in [0, 0.05) is 17.1 Å². The maximum Gasteiger partial charge on any atom is 0.191 e. The van der Waals surface area contributed by atoms with Crippen LogP contribution in [0.1, 0.15) is 21.8 Å². The Balaban J connectivity index is 1.87. The molecule has 0 aliphatic carbocycles. The van der Waals surface area contributed by atoms with Crippen LogP contribution in [-0.4, -0.2) is 19.0 Å². The first-order valence-electron chi connectivity index (χ1n) is 6.78. The summed E-state index contributed by atoms with van der Waals surface area (Å²) in [6.07, 6.45) is 2.05. The van der Waals surface area contributed by atoms with E-state index >= 15 is 0 Å². The lowest BCUT2D eigenvalue weighted by Crippen LogP contribution is -2.19. The number of hydrogen-bond acceptors (Lipinski definition) is 2. The first kappa shape index (κ1) is 12.8. The quantitative estimate of drug-likeness (QED) is 0.792. The molecule has 0 aromatic heterocycles. The van der Waals surface area contributed by atoms with Crippen molar-refractivity contribution in [2.24, 2.45) is 0 Å². The molecule has 1 heterocycles. The third kappa shape index (κ3) is 2.70. The number of carbonyl (C=O) groups is 1. The maximum absolute atomic E-state index is 12.4. The van der Waals surface area contributed by atoms with E-state index in [9.17, 15) is 4.79 Å². The molecule has 1 aliphatic heterocycles. The van der Waals surface area contributed by atoms with Crippen LogP contribution in [0.4, 0.5) is 0 Å². The Morgan fingerprint density at radius 1 is 0.950 bits per heavy atom. The number of ether oxygens (including phenoxy) is 1. The molecule has 100 valence electrons. The van der Waals surface area contributed by atoms with Crippen molar-refractivity contribution >= 4 is 5.78 Å². The average Bonchev–Trinajstić information content (AvgIpc) is 2.56. The zero-order valence-electron chi connectivity index (χ0n) is 11.2. The van der Waals surface area contributed by atoms with Gasteiger partial charge in [0.05, 0.1) is 13.2 Å². The van der Waals surface area contributed by atoms with Gasteiger partial charge in [0.1, 0.15) is 0 Å². The van der Waals surface area contributed by atoms with Gasteiger partial charge < -0.3 is 4.74 Å². The predicted octanol–water partition coefficient (Wildman–Crippen LogP) is 3.61. The fourth-order valence-corrected chi connectivity index (χ4v) is 2.44. The van der Waals surface area contributed by atoms with Gasteiger partial charge in [-0.25, -0.2) is 0 Å². The summed E-state index contributed by atoms with van der Waals surface area (Å²) in [4.78, 5) is 12.4. The van der Waals surface area contributed by atoms with Gasteiger partial charge in [-0.2, -0.15) is 0 Å². The molecule has 1 unspecified atom stereocenters. The van der Waals surface area contributed by atoms with E-state index in [-0.39, 0.29) is 11.7 Å². The lowest BCUT2D eigenvalue weighted by atomic mass is 9.93. The van der Waals surface area contributed by atoms with Crippen LogP contribution < -0.4 is 0 Å². The highest BCUT2D eigenvalue weighted by atomic mass is 16.5. The molecular weight excluding hydrogens is 248 g/mol. The van der Waals surface area contributed by atoms with Crippen molar-refractivity contribution in [1.82, 2.24) is 0 Å². The average molecular weight is 264 g/mol. The highest BCUT2D eigenvalue weighted by Gasteiger charge is 2.20. The van der Waals surface area contributed by atoms with Gasteiger partial charge >= 0.3 is 0 Å². The summed E-state index contributed by atoms with van der Waals surface area (Å²) in [7, 11) is 0. The predicted molar refractivity (Wildman–Crippen MR) is 78.9 cm³/mol. The van der Waals surface area contributed by atoms with Gasteiger partial charge in [-0.15, -0.1) is 0 Å². The summed E-state index contributed by atoms with van der Waals surface area (Å²) in [5.41, 5.74) is 2.65. The summed E-state index contributed by atoms with van der Waals surface area (Å²) in [6, 6.07) is 19.5. The monoisotopic (exact) mass is 264 g/mol. The summed E-state index contributed by atoms with van der Waals surface area (Å²) in [5, 5.41) is 0. The van der Waals surface area contributed by atoms with Crippen molar-refractivity contribution in [3.8, 4) is 0 Å². The number of rotatable bonds is 3. The van der Waals surface area contributed by atoms with Crippen molar-refractivity contribution in [2.75, 3.05) is 13.2 Å². The molecule has 0 amide bonds. The molecule has 2 nitrogen and oxygen atoms in total. The minimum absolute atomic E-state index is 0.0613. The van der Waals surface area contributed by atoms with Crippen molar-refractivity contribution in [3.05, 3.63) is 83.4 Å². The first-order valence-corrected chi connectivity index (χ1v) is 6.78. The van der Waals surface area contributed by atoms with E-state index in [0.29, 0.717) is 13.2 Å². The molecule has 0 saturated carbocycles. The van der Waals surface area contributed by atoms with E-state index < -0.39 is 0 Å². The normalized spacial score (nSPS) is 18.4. The lowest BCUT2D eigenvalue weighted by molar-refractivity contribution is 0.0951. The Morgan fingerprint density at radius 2 is 1.60 bits per heavy atom. The lowest BCUT2D eigenvalue weighted by Gasteiger charge is -2.21. The van der Waals surface area contributed by atoms with Crippen LogP contribution in [0, 0.1) is 0 Å². The van der Waals surface area contributed by atoms with Gasteiger partial charge in [0.2, 0.25) is 0 Å². The molecule has 0 N–H and O–H groups in total. The number of ketones is 1. The molecule has 20 heavy (non-hydrogen) atoms. The molecule has 1 atom stereocenters. The van der Waals surface area contributed by atoms with E-state index in [4.69, 9.17) is 4.74 Å². The Kier molecular flexibility index (Phi) is 3.75. The number of benzene rings is 2. The minimum Gasteiger partial charge on any atom is -0.376 e. The highest BCUT2D eigenvalue weighted by molar-refractivity contribution is 6.09. The number of Topliss-reactive ketones (excluding diaryl/α,β-unsaturated/α-hetero) is 1. The fraction of sp³-hybridized carbons (Fsp3) is 0.167. The molecule has 0 fully saturated rings. The van der Waals surface area contributed by atoms with Crippen LogP contribution in [0.2, 0.25) is 0 Å². The molecule has 3 rings (SSSR count). The maximum atomic E-state index is 12.4. The Hall–Kier alpha value is -2.19. The van der Waals surface area contributed by atoms with Crippen LogP contribution in [0.25, 0.3) is 0 Å². The molecule has 2 aromatic rings. The van der Waals surface area contributed by atoms with Crippen LogP contribution in [0.15, 0.2) is 72.3 Å². The Morgan fingerprint density at radius 3 is 2.30 bits per heavy atom. The van der Waals surface area contributed by atoms with Crippen molar-refractivity contribution in [3.63, 3.8) is 0 Å². The molecule has 1 aliphatic rings. The second kappa shape index (κ2) is 5.85. The van der Waals surface area contributed by atoms with Crippen LogP contribution in [-0.2, 0) is 4.74 Å². The topological polar surface area (TPSA) is 26.3 Å². The van der Waals surface area contributed by atoms with Crippen molar-refractivity contribution in [2.45, 2.75) is 5.92 Å². The molecule has 2 aromatic carbocycles. The largest absolute Gasteiger partial charge is 0.376 e. The highest BCUT2D eigenvalue weighted by Crippen LogP contribution is 2.24. The Labute approximate surface area is 118 Å². The summed E-state index contributed by atoms with van der Waals surface area (Å²) in [6.45, 7) is 1.03. The fourth-order valence-electron chi connectivity index (χ4n) is 2.44.